The maximum Gasteiger partial charge on any atom is 0.213 e. The van der Waals surface area contributed by atoms with Gasteiger partial charge in [0.15, 0.2) is 5.96 Å². The summed E-state index contributed by atoms with van der Waals surface area (Å²) in [5.74, 6) is 1.72. The highest BCUT2D eigenvalue weighted by atomic mass is 16.5. The number of ether oxygens (including phenoxy) is 1. The normalized spacial score (nSPS) is 19.2. The van der Waals surface area contributed by atoms with Gasteiger partial charge in [0.1, 0.15) is 6.10 Å². The summed E-state index contributed by atoms with van der Waals surface area (Å²) in [6.45, 7) is 2.62. The third-order valence-corrected chi connectivity index (χ3v) is 3.90. The van der Waals surface area contributed by atoms with Crippen LogP contribution in [-0.2, 0) is 6.54 Å². The quantitative estimate of drug-likeness (QED) is 0.909. The fourth-order valence-corrected chi connectivity index (χ4v) is 2.67. The van der Waals surface area contributed by atoms with Gasteiger partial charge in [0, 0.05) is 32.4 Å². The van der Waals surface area contributed by atoms with Crippen LogP contribution < -0.4 is 10.1 Å². The van der Waals surface area contributed by atoms with Crippen molar-refractivity contribution in [1.82, 2.24) is 15.2 Å². The van der Waals surface area contributed by atoms with Gasteiger partial charge in [-0.25, -0.2) is 4.98 Å². The van der Waals surface area contributed by atoms with E-state index in [-0.39, 0.29) is 0 Å². The van der Waals surface area contributed by atoms with Crippen LogP contribution in [0.3, 0.4) is 0 Å². The van der Waals surface area contributed by atoms with Crippen LogP contribution in [0.25, 0.3) is 0 Å². The summed E-state index contributed by atoms with van der Waals surface area (Å²) in [5, 5.41) is 3.34. The number of rotatable bonds is 4. The fourth-order valence-electron chi connectivity index (χ4n) is 2.67. The Balaban J connectivity index is 1.50. The molecule has 5 heteroatoms. The number of likely N-dealkylation sites (N-methyl/N-ethyl adjacent to an activating group) is 1. The van der Waals surface area contributed by atoms with Crippen molar-refractivity contribution in [1.29, 1.82) is 0 Å². The van der Waals surface area contributed by atoms with Crippen molar-refractivity contribution < 1.29 is 4.74 Å². The molecule has 1 aliphatic carbocycles. The number of hydrogen-bond acceptors (Lipinski definition) is 5. The van der Waals surface area contributed by atoms with Crippen molar-refractivity contribution >= 4 is 5.96 Å². The molecule has 0 saturated heterocycles. The number of aliphatic imine (C=N–C) groups is 1. The third kappa shape index (κ3) is 3.21. The largest absolute Gasteiger partial charge is 0.474 e. The summed E-state index contributed by atoms with van der Waals surface area (Å²) in [7, 11) is 2.05. The van der Waals surface area contributed by atoms with E-state index in [1.54, 1.807) is 0 Å². The molecule has 2 aliphatic rings. The van der Waals surface area contributed by atoms with Gasteiger partial charge in [0.2, 0.25) is 5.88 Å². The van der Waals surface area contributed by atoms with E-state index in [1.807, 2.05) is 12.3 Å². The molecule has 20 heavy (non-hydrogen) atoms. The van der Waals surface area contributed by atoms with Gasteiger partial charge in [-0.15, -0.1) is 0 Å². The Bertz CT molecular complexity index is 465. The molecule has 1 N–H and O–H groups in total. The second kappa shape index (κ2) is 6.11. The van der Waals surface area contributed by atoms with Crippen LogP contribution in [0.2, 0.25) is 0 Å². The predicted octanol–water partition coefficient (Wildman–Crippen LogP) is 1.79. The van der Waals surface area contributed by atoms with E-state index in [9.17, 15) is 0 Å². The summed E-state index contributed by atoms with van der Waals surface area (Å²) < 4.78 is 5.86. The number of nitrogens with one attached hydrogen (secondary N) is 1. The molecule has 1 aliphatic heterocycles. The highest BCUT2D eigenvalue weighted by Crippen LogP contribution is 2.22. The average Bonchev–Trinajstić information content (AvgIpc) is 3.10. The smallest absolute Gasteiger partial charge is 0.213 e. The average molecular weight is 274 g/mol. The van der Waals surface area contributed by atoms with Crippen LogP contribution in [0, 0.1) is 0 Å². The summed E-state index contributed by atoms with van der Waals surface area (Å²) in [6.07, 6.45) is 7.14. The van der Waals surface area contributed by atoms with Crippen LogP contribution in [0.15, 0.2) is 23.3 Å². The van der Waals surface area contributed by atoms with Crippen molar-refractivity contribution in [3.63, 3.8) is 0 Å². The number of guanidine groups is 1. The minimum atomic E-state index is 0.368. The first-order chi connectivity index (χ1) is 9.81. The molecule has 1 saturated carbocycles. The molecule has 0 radical (unpaired) electrons. The van der Waals surface area contributed by atoms with Crippen molar-refractivity contribution in [3.05, 3.63) is 23.9 Å². The van der Waals surface area contributed by atoms with E-state index in [4.69, 9.17) is 4.74 Å². The van der Waals surface area contributed by atoms with E-state index in [2.05, 4.69) is 33.3 Å². The van der Waals surface area contributed by atoms with Gasteiger partial charge in [-0.2, -0.15) is 0 Å². The standard InChI is InChI=1S/C15H22N4O/c1-19-9-8-16-15(19)18-11-12-6-7-14(17-10-12)20-13-4-2-3-5-13/h6-7,10,13H,2-5,8-9,11H2,1H3,(H,16,18). The third-order valence-electron chi connectivity index (χ3n) is 3.90. The Morgan fingerprint density at radius 1 is 1.35 bits per heavy atom. The molecule has 1 aromatic heterocycles. The van der Waals surface area contributed by atoms with Crippen molar-refractivity contribution in [3.8, 4) is 5.88 Å². The van der Waals surface area contributed by atoms with Crippen LogP contribution in [0.5, 0.6) is 5.88 Å². The van der Waals surface area contributed by atoms with E-state index >= 15 is 0 Å². The Kier molecular flexibility index (Phi) is 4.04. The Morgan fingerprint density at radius 2 is 2.20 bits per heavy atom. The molecule has 0 spiro atoms. The fraction of sp³-hybridized carbons (Fsp3) is 0.600. The van der Waals surface area contributed by atoms with Crippen molar-refractivity contribution in [2.45, 2.75) is 38.3 Å². The summed E-state index contributed by atoms with van der Waals surface area (Å²) in [5.41, 5.74) is 1.15. The molecular formula is C15H22N4O. The molecule has 1 fully saturated rings. The summed E-state index contributed by atoms with van der Waals surface area (Å²) >= 11 is 0. The van der Waals surface area contributed by atoms with Gasteiger partial charge in [-0.3, -0.25) is 4.99 Å². The van der Waals surface area contributed by atoms with Crippen molar-refractivity contribution in [2.24, 2.45) is 4.99 Å². The maximum atomic E-state index is 5.86. The minimum absolute atomic E-state index is 0.368. The monoisotopic (exact) mass is 274 g/mol. The van der Waals surface area contributed by atoms with Crippen LogP contribution in [-0.4, -0.2) is 42.1 Å². The van der Waals surface area contributed by atoms with Gasteiger partial charge in [0.25, 0.3) is 0 Å². The predicted molar refractivity (Wildman–Crippen MR) is 78.9 cm³/mol. The molecular weight excluding hydrogens is 252 g/mol. The molecule has 0 atom stereocenters. The van der Waals surface area contributed by atoms with Crippen LogP contribution in [0.1, 0.15) is 31.2 Å². The summed E-state index contributed by atoms with van der Waals surface area (Å²) in [6, 6.07) is 4.04. The van der Waals surface area contributed by atoms with Crippen LogP contribution in [0.4, 0.5) is 0 Å². The van der Waals surface area contributed by atoms with E-state index in [1.165, 1.54) is 12.8 Å². The first-order valence-corrected chi connectivity index (χ1v) is 7.42. The van der Waals surface area contributed by atoms with E-state index < -0.39 is 0 Å². The zero-order chi connectivity index (χ0) is 13.8. The maximum absolute atomic E-state index is 5.86. The molecule has 0 amide bonds. The lowest BCUT2D eigenvalue weighted by Crippen LogP contribution is -2.35. The van der Waals surface area contributed by atoms with Gasteiger partial charge >= 0.3 is 0 Å². The zero-order valence-electron chi connectivity index (χ0n) is 12.0. The SMILES string of the molecule is CN1CCN=C1NCc1ccc(OC2CCCC2)nc1. The second-order valence-corrected chi connectivity index (χ2v) is 5.51. The highest BCUT2D eigenvalue weighted by Gasteiger charge is 2.17. The molecule has 5 nitrogen and oxygen atoms in total. The highest BCUT2D eigenvalue weighted by molar-refractivity contribution is 5.81. The lowest BCUT2D eigenvalue weighted by molar-refractivity contribution is 0.201. The lowest BCUT2D eigenvalue weighted by Gasteiger charge is -2.15. The van der Waals surface area contributed by atoms with Gasteiger partial charge < -0.3 is 15.0 Å². The molecule has 0 unspecified atom stereocenters. The minimum Gasteiger partial charge on any atom is -0.474 e. The molecule has 0 bridgehead atoms. The molecule has 1 aromatic rings. The van der Waals surface area contributed by atoms with Gasteiger partial charge in [-0.1, -0.05) is 6.07 Å². The molecule has 108 valence electrons. The molecule has 3 rings (SSSR count). The second-order valence-electron chi connectivity index (χ2n) is 5.51. The van der Waals surface area contributed by atoms with E-state index in [0.717, 1.165) is 49.9 Å². The summed E-state index contributed by atoms with van der Waals surface area (Å²) in [4.78, 5) is 10.9. The van der Waals surface area contributed by atoms with Crippen molar-refractivity contribution in [2.75, 3.05) is 20.1 Å². The molecule has 0 aromatic carbocycles. The molecule has 2 heterocycles. The van der Waals surface area contributed by atoms with Crippen LogP contribution >= 0.6 is 0 Å². The first kappa shape index (κ1) is 13.2. The Morgan fingerprint density at radius 3 is 2.85 bits per heavy atom. The number of aromatic nitrogens is 1. The van der Waals surface area contributed by atoms with E-state index in [0.29, 0.717) is 6.10 Å². The zero-order valence-corrected chi connectivity index (χ0v) is 12.0. The number of pyridine rings is 1. The Hall–Kier alpha value is -1.78. The number of nitrogens with zero attached hydrogens (tertiary/aromatic N) is 3. The van der Waals surface area contributed by atoms with Gasteiger partial charge in [0.05, 0.1) is 6.54 Å². The Labute approximate surface area is 120 Å². The topological polar surface area (TPSA) is 49.8 Å². The number of hydrogen-bond donors (Lipinski definition) is 1. The lowest BCUT2D eigenvalue weighted by atomic mass is 10.3. The first-order valence-electron chi connectivity index (χ1n) is 7.42. The van der Waals surface area contributed by atoms with Gasteiger partial charge in [-0.05, 0) is 31.2 Å².